The van der Waals surface area contributed by atoms with Gasteiger partial charge < -0.3 is 25.4 Å². The number of nitrogens with zero attached hydrogens (tertiary/aromatic N) is 3. The number of rotatable bonds is 9. The number of guanidine groups is 1. The van der Waals surface area contributed by atoms with Crippen LogP contribution in [0.5, 0.6) is 0 Å². The maximum atomic E-state index is 14.0. The number of hydrogen-bond acceptors (Lipinski definition) is 5. The van der Waals surface area contributed by atoms with Gasteiger partial charge in [-0.15, -0.1) is 24.0 Å². The van der Waals surface area contributed by atoms with E-state index in [1.165, 1.54) is 6.07 Å². The highest BCUT2D eigenvalue weighted by molar-refractivity contribution is 14.0. The van der Waals surface area contributed by atoms with E-state index >= 15 is 0 Å². The van der Waals surface area contributed by atoms with Gasteiger partial charge in [0.25, 0.3) is 0 Å². The molecule has 2 heterocycles. The number of aliphatic imine (C=N–C) groups is 1. The summed E-state index contributed by atoms with van der Waals surface area (Å²) in [7, 11) is 0. The van der Waals surface area contributed by atoms with Crippen LogP contribution < -0.4 is 15.5 Å². The van der Waals surface area contributed by atoms with Crippen molar-refractivity contribution in [3.05, 3.63) is 60.0 Å². The van der Waals surface area contributed by atoms with Gasteiger partial charge in [-0.05, 0) is 38.0 Å². The molecule has 1 saturated heterocycles. The van der Waals surface area contributed by atoms with E-state index < -0.39 is 6.10 Å². The third-order valence-electron chi connectivity index (χ3n) is 5.18. The lowest BCUT2D eigenvalue weighted by atomic mass is 10.1. The molecule has 3 unspecified atom stereocenters. The molecule has 1 fully saturated rings. The van der Waals surface area contributed by atoms with Crippen molar-refractivity contribution in [2.45, 2.75) is 38.5 Å². The first kappa shape index (κ1) is 26.3. The first-order valence-electron chi connectivity index (χ1n) is 10.8. The molecule has 2 aromatic rings. The third-order valence-corrected chi connectivity index (χ3v) is 5.18. The van der Waals surface area contributed by atoms with Crippen molar-refractivity contribution in [3.63, 3.8) is 0 Å². The number of hydrogen-bond donors (Lipinski definition) is 3. The van der Waals surface area contributed by atoms with Gasteiger partial charge in [-0.25, -0.2) is 9.37 Å². The summed E-state index contributed by atoms with van der Waals surface area (Å²) in [6, 6.07) is 13.0. The fourth-order valence-corrected chi connectivity index (χ4v) is 3.52. The molecule has 0 spiro atoms. The maximum absolute atomic E-state index is 14.0. The summed E-state index contributed by atoms with van der Waals surface area (Å²) in [6.45, 7) is 6.44. The second-order valence-corrected chi connectivity index (χ2v) is 7.64. The number of anilines is 1. The van der Waals surface area contributed by atoms with Crippen molar-refractivity contribution in [3.8, 4) is 0 Å². The zero-order chi connectivity index (χ0) is 22.1. The van der Waals surface area contributed by atoms with Crippen LogP contribution in [-0.2, 0) is 4.74 Å². The zero-order valence-corrected chi connectivity index (χ0v) is 20.9. The van der Waals surface area contributed by atoms with Crippen molar-refractivity contribution < 1.29 is 14.2 Å². The highest BCUT2D eigenvalue weighted by atomic mass is 127. The summed E-state index contributed by atoms with van der Waals surface area (Å²) in [4.78, 5) is 10.6. The molecule has 1 aliphatic heterocycles. The minimum atomic E-state index is -0.704. The van der Waals surface area contributed by atoms with E-state index in [0.29, 0.717) is 24.9 Å². The van der Waals surface area contributed by atoms with E-state index in [9.17, 15) is 9.50 Å². The number of nitrogens with one attached hydrogen (secondary N) is 2. The van der Waals surface area contributed by atoms with Crippen LogP contribution in [0.4, 0.5) is 10.2 Å². The van der Waals surface area contributed by atoms with Gasteiger partial charge in [0, 0.05) is 31.9 Å². The molecule has 0 bridgehead atoms. The van der Waals surface area contributed by atoms with Gasteiger partial charge >= 0.3 is 0 Å². The van der Waals surface area contributed by atoms with Crippen LogP contribution in [0.15, 0.2) is 53.7 Å². The number of halogens is 2. The molecule has 32 heavy (non-hydrogen) atoms. The molecule has 3 atom stereocenters. The van der Waals surface area contributed by atoms with Crippen LogP contribution >= 0.6 is 24.0 Å². The second kappa shape index (κ2) is 13.5. The normalized spacial score (nSPS) is 18.1. The third kappa shape index (κ3) is 7.86. The Morgan fingerprint density at radius 3 is 2.81 bits per heavy atom. The molecule has 1 aliphatic rings. The Labute approximate surface area is 206 Å². The van der Waals surface area contributed by atoms with E-state index in [1.54, 1.807) is 12.3 Å². The van der Waals surface area contributed by atoms with Crippen LogP contribution in [0.1, 0.15) is 31.9 Å². The fourth-order valence-electron chi connectivity index (χ4n) is 3.52. The number of aliphatic hydroxyl groups excluding tert-OH is 1. The summed E-state index contributed by atoms with van der Waals surface area (Å²) < 4.78 is 19.8. The number of benzene rings is 1. The van der Waals surface area contributed by atoms with Gasteiger partial charge in [-0.3, -0.25) is 4.99 Å². The number of aliphatic hydroxyl groups is 1. The predicted molar refractivity (Wildman–Crippen MR) is 136 cm³/mol. The highest BCUT2D eigenvalue weighted by Crippen LogP contribution is 2.20. The average Bonchev–Trinajstić information content (AvgIpc) is 3.25. The van der Waals surface area contributed by atoms with Crippen molar-refractivity contribution in [1.82, 2.24) is 15.6 Å². The quantitative estimate of drug-likeness (QED) is 0.250. The minimum Gasteiger partial charge on any atom is -0.389 e. The lowest BCUT2D eigenvalue weighted by Gasteiger charge is -2.20. The molecule has 1 aromatic carbocycles. The van der Waals surface area contributed by atoms with Gasteiger partial charge in [0.15, 0.2) is 17.6 Å². The van der Waals surface area contributed by atoms with E-state index in [2.05, 4.69) is 20.6 Å². The minimum absolute atomic E-state index is 0. The Morgan fingerprint density at radius 1 is 1.31 bits per heavy atom. The molecular formula is C23H33FIN5O2. The number of aromatic nitrogens is 1. The molecule has 9 heteroatoms. The predicted octanol–water partition coefficient (Wildman–Crippen LogP) is 3.11. The maximum Gasteiger partial charge on any atom is 0.191 e. The summed E-state index contributed by atoms with van der Waals surface area (Å²) in [6.07, 6.45) is 1.65. The summed E-state index contributed by atoms with van der Waals surface area (Å²) in [5.41, 5.74) is 1.07. The Hall–Kier alpha value is -1.98. The van der Waals surface area contributed by atoms with E-state index in [1.807, 2.05) is 49.1 Å². The molecule has 176 valence electrons. The van der Waals surface area contributed by atoms with E-state index in [-0.39, 0.29) is 55.1 Å². The molecule has 7 nitrogen and oxygen atoms in total. The van der Waals surface area contributed by atoms with Gasteiger partial charge in [0.2, 0.25) is 0 Å². The highest BCUT2D eigenvalue weighted by Gasteiger charge is 2.26. The molecule has 0 amide bonds. The average molecular weight is 557 g/mol. The van der Waals surface area contributed by atoms with Crippen molar-refractivity contribution in [2.24, 2.45) is 4.99 Å². The topological polar surface area (TPSA) is 82.0 Å². The lowest BCUT2D eigenvalue weighted by molar-refractivity contribution is 0.00111. The Bertz CT molecular complexity index is 842. The number of pyridine rings is 1. The first-order valence-corrected chi connectivity index (χ1v) is 10.8. The Morgan fingerprint density at radius 2 is 2.09 bits per heavy atom. The van der Waals surface area contributed by atoms with Gasteiger partial charge in [0.1, 0.15) is 0 Å². The molecule has 0 radical (unpaired) electrons. The van der Waals surface area contributed by atoms with Crippen molar-refractivity contribution in [2.75, 3.05) is 37.7 Å². The van der Waals surface area contributed by atoms with Crippen LogP contribution in [0.25, 0.3) is 0 Å². The standard InChI is InChI=1S/C23H32FN5O2.HI/c1-3-25-23(27-14-20(30)16-31-17(2)18-8-5-4-6-9-18)28-19-11-13-29(15-19)22-21(24)10-7-12-26-22;/h4-10,12,17,19-20,30H,3,11,13-16H2,1-2H3,(H2,25,27,28);1H. The summed E-state index contributed by atoms with van der Waals surface area (Å²) in [5.74, 6) is 0.705. The molecule has 0 saturated carbocycles. The SMILES string of the molecule is CCNC(=NCC(O)COC(C)c1ccccc1)NC1CCN(c2ncccc2F)C1.I. The van der Waals surface area contributed by atoms with Crippen molar-refractivity contribution in [1.29, 1.82) is 0 Å². The summed E-state index contributed by atoms with van der Waals surface area (Å²) in [5, 5.41) is 16.9. The molecule has 3 rings (SSSR count). The lowest BCUT2D eigenvalue weighted by Crippen LogP contribution is -2.45. The number of ether oxygens (including phenoxy) is 1. The van der Waals surface area contributed by atoms with E-state index in [0.717, 1.165) is 18.5 Å². The van der Waals surface area contributed by atoms with Gasteiger partial charge in [-0.1, -0.05) is 30.3 Å². The molecular weight excluding hydrogens is 524 g/mol. The monoisotopic (exact) mass is 557 g/mol. The molecule has 1 aromatic heterocycles. The second-order valence-electron chi connectivity index (χ2n) is 7.64. The largest absolute Gasteiger partial charge is 0.389 e. The van der Waals surface area contributed by atoms with Crippen LogP contribution in [-0.4, -0.2) is 61.0 Å². The van der Waals surface area contributed by atoms with Crippen LogP contribution in [0, 0.1) is 5.82 Å². The first-order chi connectivity index (χ1) is 15.1. The van der Waals surface area contributed by atoms with Gasteiger partial charge in [-0.2, -0.15) is 0 Å². The smallest absolute Gasteiger partial charge is 0.191 e. The van der Waals surface area contributed by atoms with Crippen LogP contribution in [0.2, 0.25) is 0 Å². The zero-order valence-electron chi connectivity index (χ0n) is 18.6. The Kier molecular flexibility index (Phi) is 11.1. The fraction of sp³-hybridized carbons (Fsp3) is 0.478. The Balaban J connectivity index is 0.00000363. The molecule has 3 N–H and O–H groups in total. The molecule has 0 aliphatic carbocycles. The van der Waals surface area contributed by atoms with Crippen molar-refractivity contribution >= 4 is 35.8 Å². The van der Waals surface area contributed by atoms with Crippen LogP contribution in [0.3, 0.4) is 0 Å². The van der Waals surface area contributed by atoms with E-state index in [4.69, 9.17) is 4.74 Å². The van der Waals surface area contributed by atoms with Gasteiger partial charge in [0.05, 0.1) is 25.4 Å². The summed E-state index contributed by atoms with van der Waals surface area (Å²) >= 11 is 0.